The van der Waals surface area contributed by atoms with Gasteiger partial charge in [-0.2, -0.15) is 0 Å². The van der Waals surface area contributed by atoms with Gasteiger partial charge in [-0.3, -0.25) is 0 Å². The fourth-order valence-corrected chi connectivity index (χ4v) is 3.40. The largest absolute Gasteiger partial charge is 0.486 e. The molecule has 4 rings (SSSR count). The second-order valence-corrected chi connectivity index (χ2v) is 7.40. The van der Waals surface area contributed by atoms with E-state index < -0.39 is 0 Å². The van der Waals surface area contributed by atoms with E-state index in [2.05, 4.69) is 42.7 Å². The molecule has 132 valence electrons. The zero-order valence-corrected chi connectivity index (χ0v) is 15.7. The van der Waals surface area contributed by atoms with Crippen LogP contribution in [0.3, 0.4) is 0 Å². The highest BCUT2D eigenvalue weighted by molar-refractivity contribution is 6.31. The molecule has 0 aliphatic rings. The number of fused-ring (bicyclic) bond motifs is 2. The van der Waals surface area contributed by atoms with E-state index >= 15 is 0 Å². The quantitative estimate of drug-likeness (QED) is 0.429. The third-order valence-electron chi connectivity index (χ3n) is 4.43. The molecule has 0 N–H and O–H groups in total. The van der Waals surface area contributed by atoms with Gasteiger partial charge in [0.25, 0.3) is 0 Å². The molecule has 3 aromatic carbocycles. The molecule has 0 bridgehead atoms. The molecule has 0 saturated heterocycles. The topological polar surface area (TPSA) is 27.1 Å². The van der Waals surface area contributed by atoms with Crippen LogP contribution in [-0.4, -0.2) is 9.55 Å². The fraction of sp³-hybridized carbons (Fsp3) is 0.227. The summed E-state index contributed by atoms with van der Waals surface area (Å²) in [4.78, 5) is 4.76. The number of rotatable bonds is 5. The smallest absolute Gasteiger partial charge is 0.148 e. The average Bonchev–Trinajstić information content (AvgIpc) is 2.96. The molecule has 26 heavy (non-hydrogen) atoms. The van der Waals surface area contributed by atoms with E-state index in [0.717, 1.165) is 34.2 Å². The van der Waals surface area contributed by atoms with Gasteiger partial charge in [-0.05, 0) is 47.0 Å². The van der Waals surface area contributed by atoms with Crippen LogP contribution in [-0.2, 0) is 13.2 Å². The summed E-state index contributed by atoms with van der Waals surface area (Å²) in [5.41, 5.74) is 2.01. The number of hydrogen-bond acceptors (Lipinski definition) is 2. The molecule has 3 nitrogen and oxygen atoms in total. The molecule has 0 fully saturated rings. The fourth-order valence-electron chi connectivity index (χ4n) is 3.23. The van der Waals surface area contributed by atoms with Gasteiger partial charge < -0.3 is 9.30 Å². The lowest BCUT2D eigenvalue weighted by atomic mass is 10.1. The van der Waals surface area contributed by atoms with Crippen molar-refractivity contribution in [2.45, 2.75) is 27.0 Å². The van der Waals surface area contributed by atoms with E-state index in [-0.39, 0.29) is 0 Å². The summed E-state index contributed by atoms with van der Waals surface area (Å²) in [6.45, 7) is 5.71. The number of hydrogen-bond donors (Lipinski definition) is 0. The summed E-state index contributed by atoms with van der Waals surface area (Å²) in [7, 11) is 0. The predicted molar refractivity (Wildman–Crippen MR) is 108 cm³/mol. The molecule has 0 atom stereocenters. The third-order valence-corrected chi connectivity index (χ3v) is 4.66. The maximum Gasteiger partial charge on any atom is 0.148 e. The van der Waals surface area contributed by atoms with Crippen molar-refractivity contribution in [3.63, 3.8) is 0 Å². The maximum absolute atomic E-state index is 6.19. The van der Waals surface area contributed by atoms with Crippen LogP contribution in [0.4, 0.5) is 0 Å². The second-order valence-electron chi connectivity index (χ2n) is 6.96. The zero-order chi connectivity index (χ0) is 18.1. The molecule has 0 radical (unpaired) electrons. The summed E-state index contributed by atoms with van der Waals surface area (Å²) in [6.07, 6.45) is 0. The maximum atomic E-state index is 6.19. The SMILES string of the molecule is CC(C)Cn1c(COc2ccc3ccccc3c2)nc2ccc(Cl)cc21. The van der Waals surface area contributed by atoms with E-state index in [1.54, 1.807) is 0 Å². The van der Waals surface area contributed by atoms with Crippen LogP contribution in [0.2, 0.25) is 5.02 Å². The minimum Gasteiger partial charge on any atom is -0.486 e. The van der Waals surface area contributed by atoms with Crippen molar-refractivity contribution in [2.24, 2.45) is 5.92 Å². The van der Waals surface area contributed by atoms with Crippen molar-refractivity contribution in [2.75, 3.05) is 0 Å². The first-order valence-electron chi connectivity index (χ1n) is 8.86. The van der Waals surface area contributed by atoms with Crippen molar-refractivity contribution >= 4 is 33.4 Å². The van der Waals surface area contributed by atoms with Crippen molar-refractivity contribution < 1.29 is 4.74 Å². The van der Waals surface area contributed by atoms with Crippen LogP contribution >= 0.6 is 11.6 Å². The highest BCUT2D eigenvalue weighted by atomic mass is 35.5. The Balaban J connectivity index is 1.65. The van der Waals surface area contributed by atoms with Crippen LogP contribution in [0.1, 0.15) is 19.7 Å². The number of ether oxygens (including phenoxy) is 1. The van der Waals surface area contributed by atoms with Crippen molar-refractivity contribution in [3.05, 3.63) is 71.5 Å². The lowest BCUT2D eigenvalue weighted by Gasteiger charge is -2.13. The van der Waals surface area contributed by atoms with Crippen LogP contribution < -0.4 is 4.74 Å². The molecule has 0 amide bonds. The van der Waals surface area contributed by atoms with Crippen molar-refractivity contribution in [3.8, 4) is 5.75 Å². The number of benzene rings is 3. The number of imidazole rings is 1. The molecule has 1 heterocycles. The van der Waals surface area contributed by atoms with Crippen molar-refractivity contribution in [1.29, 1.82) is 0 Å². The van der Waals surface area contributed by atoms with Gasteiger partial charge in [-0.1, -0.05) is 55.8 Å². The molecule has 0 unspecified atom stereocenters. The summed E-state index contributed by atoms with van der Waals surface area (Å²) in [6, 6.07) is 20.3. The van der Waals surface area contributed by atoms with Gasteiger partial charge in [0.15, 0.2) is 0 Å². The average molecular weight is 365 g/mol. The molecule has 4 heteroatoms. The molecule has 1 aromatic heterocycles. The first-order valence-corrected chi connectivity index (χ1v) is 9.24. The molecular formula is C22H21ClN2O. The van der Waals surface area contributed by atoms with E-state index in [1.807, 2.05) is 36.4 Å². The predicted octanol–water partition coefficient (Wildman–Crippen LogP) is 6.08. The molecular weight excluding hydrogens is 344 g/mol. The standard InChI is InChI=1S/C22H21ClN2O/c1-15(2)13-25-21-12-18(23)8-10-20(21)24-22(25)14-26-19-9-7-16-5-3-4-6-17(16)11-19/h3-12,15H,13-14H2,1-2H3. The summed E-state index contributed by atoms with van der Waals surface area (Å²) in [5.74, 6) is 2.28. The van der Waals surface area contributed by atoms with E-state index in [9.17, 15) is 0 Å². The van der Waals surface area contributed by atoms with Gasteiger partial charge in [-0.15, -0.1) is 0 Å². The second kappa shape index (κ2) is 7.00. The van der Waals surface area contributed by atoms with Gasteiger partial charge in [0.2, 0.25) is 0 Å². The highest BCUT2D eigenvalue weighted by Crippen LogP contribution is 2.24. The first kappa shape index (κ1) is 16.9. The van der Waals surface area contributed by atoms with Gasteiger partial charge in [0.05, 0.1) is 11.0 Å². The Kier molecular flexibility index (Phi) is 4.56. The minimum absolute atomic E-state index is 0.428. The van der Waals surface area contributed by atoms with E-state index in [0.29, 0.717) is 12.5 Å². The first-order chi connectivity index (χ1) is 12.6. The Hall–Kier alpha value is -2.52. The molecule has 4 aromatic rings. The number of aromatic nitrogens is 2. The lowest BCUT2D eigenvalue weighted by molar-refractivity contribution is 0.288. The Labute approximate surface area is 158 Å². The van der Waals surface area contributed by atoms with E-state index in [4.69, 9.17) is 21.3 Å². The highest BCUT2D eigenvalue weighted by Gasteiger charge is 2.13. The van der Waals surface area contributed by atoms with Crippen LogP contribution in [0.5, 0.6) is 5.75 Å². The van der Waals surface area contributed by atoms with Gasteiger partial charge in [-0.25, -0.2) is 4.98 Å². The van der Waals surface area contributed by atoms with Gasteiger partial charge >= 0.3 is 0 Å². The molecule has 0 spiro atoms. The van der Waals surface area contributed by atoms with Gasteiger partial charge in [0.1, 0.15) is 18.2 Å². The lowest BCUT2D eigenvalue weighted by Crippen LogP contribution is -2.11. The monoisotopic (exact) mass is 364 g/mol. The molecule has 0 aliphatic carbocycles. The number of halogens is 1. The van der Waals surface area contributed by atoms with Crippen LogP contribution in [0.15, 0.2) is 60.7 Å². The van der Waals surface area contributed by atoms with Crippen LogP contribution in [0.25, 0.3) is 21.8 Å². The Bertz CT molecular complexity index is 1070. The van der Waals surface area contributed by atoms with E-state index in [1.165, 1.54) is 10.8 Å². The minimum atomic E-state index is 0.428. The molecule has 0 saturated carbocycles. The third kappa shape index (κ3) is 3.40. The summed E-state index contributed by atoms with van der Waals surface area (Å²) in [5, 5.41) is 3.11. The Morgan fingerprint density at radius 2 is 1.81 bits per heavy atom. The zero-order valence-electron chi connectivity index (χ0n) is 14.9. The summed E-state index contributed by atoms with van der Waals surface area (Å²) >= 11 is 6.19. The Morgan fingerprint density at radius 1 is 1.00 bits per heavy atom. The number of nitrogens with zero attached hydrogens (tertiary/aromatic N) is 2. The Morgan fingerprint density at radius 3 is 2.62 bits per heavy atom. The molecule has 0 aliphatic heterocycles. The summed E-state index contributed by atoms with van der Waals surface area (Å²) < 4.78 is 8.28. The van der Waals surface area contributed by atoms with Crippen molar-refractivity contribution in [1.82, 2.24) is 9.55 Å². The normalized spacial score (nSPS) is 11.5. The van der Waals surface area contributed by atoms with Crippen LogP contribution in [0, 0.1) is 5.92 Å². The van der Waals surface area contributed by atoms with Gasteiger partial charge in [0, 0.05) is 11.6 Å².